The third kappa shape index (κ3) is 4.70. The minimum atomic E-state index is -4.71. The molecule has 0 unspecified atom stereocenters. The van der Waals surface area contributed by atoms with E-state index in [0.29, 0.717) is 12.2 Å². The molecule has 2 aromatic rings. The van der Waals surface area contributed by atoms with Gasteiger partial charge in [0.25, 0.3) is 0 Å². The summed E-state index contributed by atoms with van der Waals surface area (Å²) in [6, 6.07) is 8.04. The van der Waals surface area contributed by atoms with Gasteiger partial charge in [-0.15, -0.1) is 13.2 Å². The Morgan fingerprint density at radius 1 is 1.19 bits per heavy atom. The van der Waals surface area contributed by atoms with Gasteiger partial charge in [-0.05, 0) is 46.3 Å². The van der Waals surface area contributed by atoms with Crippen LogP contribution in [0, 0.1) is 0 Å². The fourth-order valence-electron chi connectivity index (χ4n) is 1.71. The lowest BCUT2D eigenvalue weighted by Gasteiger charge is -2.12. The van der Waals surface area contributed by atoms with Gasteiger partial charge in [0.2, 0.25) is 0 Å². The van der Waals surface area contributed by atoms with Crippen LogP contribution in [-0.2, 0) is 13.0 Å². The van der Waals surface area contributed by atoms with Crippen molar-refractivity contribution in [1.82, 2.24) is 0 Å². The summed E-state index contributed by atoms with van der Waals surface area (Å²) < 4.78 is 46.1. The van der Waals surface area contributed by atoms with Gasteiger partial charge >= 0.3 is 6.36 Å². The molecule has 0 amide bonds. The number of ether oxygens (including phenoxy) is 1. The molecule has 114 valence electrons. The summed E-state index contributed by atoms with van der Waals surface area (Å²) in [6.07, 6.45) is -3.89. The number of hydrogen-bond acceptors (Lipinski definition) is 3. The van der Waals surface area contributed by atoms with Gasteiger partial charge in [0.05, 0.1) is 11.0 Å². The Balaban J connectivity index is 1.99. The normalized spacial score (nSPS) is 11.5. The highest BCUT2D eigenvalue weighted by Gasteiger charge is 2.31. The zero-order valence-electron chi connectivity index (χ0n) is 11.1. The molecule has 2 rings (SSSR count). The Morgan fingerprint density at radius 3 is 2.48 bits per heavy atom. The number of alkyl halides is 3. The second kappa shape index (κ2) is 6.43. The molecule has 0 aliphatic rings. The summed E-state index contributed by atoms with van der Waals surface area (Å²) in [6.45, 7) is 2.44. The van der Waals surface area contributed by atoms with Crippen molar-refractivity contribution in [3.05, 3.63) is 46.3 Å². The van der Waals surface area contributed by atoms with E-state index < -0.39 is 6.36 Å². The minimum absolute atomic E-state index is 0.221. The fraction of sp³-hybridized carbons (Fsp3) is 0.286. The van der Waals surface area contributed by atoms with Gasteiger partial charge in [-0.3, -0.25) is 0 Å². The Kier molecular flexibility index (Phi) is 4.82. The van der Waals surface area contributed by atoms with Crippen molar-refractivity contribution < 1.29 is 22.3 Å². The van der Waals surface area contributed by atoms with Crippen molar-refractivity contribution in [2.45, 2.75) is 26.3 Å². The molecule has 3 nitrogen and oxygen atoms in total. The molecule has 0 aliphatic carbocycles. The minimum Gasteiger partial charge on any atom is -0.464 e. The largest absolute Gasteiger partial charge is 0.573 e. The Morgan fingerprint density at radius 2 is 1.90 bits per heavy atom. The maximum absolute atomic E-state index is 12.2. The molecule has 0 saturated carbocycles. The summed E-state index contributed by atoms with van der Waals surface area (Å²) in [5.41, 5.74) is 0.658. The number of anilines is 1. The molecule has 1 aromatic carbocycles. The lowest BCUT2D eigenvalue weighted by atomic mass is 10.3. The highest BCUT2D eigenvalue weighted by Crippen LogP contribution is 2.32. The van der Waals surface area contributed by atoms with Crippen LogP contribution >= 0.6 is 15.9 Å². The van der Waals surface area contributed by atoms with Gasteiger partial charge in [0.15, 0.2) is 0 Å². The molecular weight excluding hydrogens is 351 g/mol. The van der Waals surface area contributed by atoms with Crippen LogP contribution in [0.5, 0.6) is 5.75 Å². The zero-order chi connectivity index (χ0) is 15.5. The summed E-state index contributed by atoms with van der Waals surface area (Å²) in [5.74, 6) is 1.37. The van der Waals surface area contributed by atoms with Crippen LogP contribution < -0.4 is 10.1 Å². The molecule has 0 saturated heterocycles. The molecule has 0 aliphatic heterocycles. The molecule has 0 spiro atoms. The lowest BCUT2D eigenvalue weighted by molar-refractivity contribution is -0.274. The molecule has 1 heterocycles. The molecule has 21 heavy (non-hydrogen) atoms. The molecule has 7 heteroatoms. The number of aryl methyl sites for hydroxylation is 1. The van der Waals surface area contributed by atoms with Gasteiger partial charge in [-0.2, -0.15) is 0 Å². The third-order valence-electron chi connectivity index (χ3n) is 2.69. The number of rotatable bonds is 5. The molecule has 0 fully saturated rings. The zero-order valence-corrected chi connectivity index (χ0v) is 12.7. The summed E-state index contributed by atoms with van der Waals surface area (Å²) in [4.78, 5) is 0. The molecule has 1 aromatic heterocycles. The SMILES string of the molecule is CCc1ccc(CNc2ccc(OC(F)(F)F)c(Br)c2)o1. The standard InChI is InChI=1S/C14H13BrF3NO2/c1-2-10-4-5-11(20-10)8-19-9-3-6-13(12(15)7-9)21-14(16,17)18/h3-7,19H,2,8H2,1H3. The van der Waals surface area contributed by atoms with E-state index in [1.807, 2.05) is 19.1 Å². The first-order valence-electron chi connectivity index (χ1n) is 6.24. The molecule has 0 bridgehead atoms. The number of halogens is 4. The number of hydrogen-bond donors (Lipinski definition) is 1. The third-order valence-corrected chi connectivity index (χ3v) is 3.31. The summed E-state index contributed by atoms with van der Waals surface area (Å²) in [5, 5.41) is 3.07. The first kappa shape index (κ1) is 15.8. The van der Waals surface area contributed by atoms with Crippen LogP contribution in [0.4, 0.5) is 18.9 Å². The van der Waals surface area contributed by atoms with Crippen molar-refractivity contribution in [2.24, 2.45) is 0 Å². The maximum atomic E-state index is 12.2. The average Bonchev–Trinajstić information content (AvgIpc) is 2.86. The summed E-state index contributed by atoms with van der Waals surface area (Å²) >= 11 is 3.05. The number of nitrogens with one attached hydrogen (secondary N) is 1. The Bertz CT molecular complexity index is 611. The van der Waals surface area contributed by atoms with Crippen molar-refractivity contribution in [1.29, 1.82) is 0 Å². The van der Waals surface area contributed by atoms with Gasteiger partial charge in [-0.25, -0.2) is 0 Å². The second-order valence-corrected chi connectivity index (χ2v) is 5.12. The van der Waals surface area contributed by atoms with E-state index in [1.54, 1.807) is 0 Å². The van der Waals surface area contributed by atoms with Crippen LogP contribution in [0.15, 0.2) is 39.2 Å². The van der Waals surface area contributed by atoms with E-state index >= 15 is 0 Å². The van der Waals surface area contributed by atoms with Gasteiger partial charge in [-0.1, -0.05) is 6.92 Å². The first-order valence-corrected chi connectivity index (χ1v) is 7.03. The van der Waals surface area contributed by atoms with Crippen molar-refractivity contribution >= 4 is 21.6 Å². The van der Waals surface area contributed by atoms with E-state index in [2.05, 4.69) is 26.0 Å². The Labute approximate surface area is 128 Å². The van der Waals surface area contributed by atoms with Crippen LogP contribution in [0.3, 0.4) is 0 Å². The van der Waals surface area contributed by atoms with E-state index in [9.17, 15) is 13.2 Å². The highest BCUT2D eigenvalue weighted by molar-refractivity contribution is 9.10. The quantitative estimate of drug-likeness (QED) is 0.800. The van der Waals surface area contributed by atoms with Gasteiger partial charge < -0.3 is 14.5 Å². The smallest absolute Gasteiger partial charge is 0.464 e. The molecule has 0 radical (unpaired) electrons. The van der Waals surface area contributed by atoms with E-state index in [0.717, 1.165) is 17.9 Å². The molecular formula is C14H13BrF3NO2. The second-order valence-electron chi connectivity index (χ2n) is 4.27. The predicted molar refractivity (Wildman–Crippen MR) is 76.2 cm³/mol. The van der Waals surface area contributed by atoms with Gasteiger partial charge in [0, 0.05) is 12.1 Å². The summed E-state index contributed by atoms with van der Waals surface area (Å²) in [7, 11) is 0. The fourth-order valence-corrected chi connectivity index (χ4v) is 2.17. The highest BCUT2D eigenvalue weighted by atomic mass is 79.9. The average molecular weight is 364 g/mol. The maximum Gasteiger partial charge on any atom is 0.573 e. The first-order chi connectivity index (χ1) is 9.87. The number of benzene rings is 1. The van der Waals surface area contributed by atoms with Crippen LogP contribution in [0.1, 0.15) is 18.4 Å². The van der Waals surface area contributed by atoms with Crippen LogP contribution in [0.2, 0.25) is 0 Å². The van der Waals surface area contributed by atoms with E-state index in [-0.39, 0.29) is 10.2 Å². The predicted octanol–water partition coefficient (Wildman–Crippen LogP) is 5.12. The van der Waals surface area contributed by atoms with Crippen molar-refractivity contribution in [3.63, 3.8) is 0 Å². The van der Waals surface area contributed by atoms with E-state index in [1.165, 1.54) is 18.2 Å². The van der Waals surface area contributed by atoms with Crippen molar-refractivity contribution in [3.8, 4) is 5.75 Å². The van der Waals surface area contributed by atoms with Crippen LogP contribution in [0.25, 0.3) is 0 Å². The Hall–Kier alpha value is -1.63. The van der Waals surface area contributed by atoms with Gasteiger partial charge in [0.1, 0.15) is 17.3 Å². The monoisotopic (exact) mass is 363 g/mol. The van der Waals surface area contributed by atoms with Crippen molar-refractivity contribution in [2.75, 3.05) is 5.32 Å². The number of furan rings is 1. The van der Waals surface area contributed by atoms with E-state index in [4.69, 9.17) is 4.42 Å². The molecule has 1 N–H and O–H groups in total. The topological polar surface area (TPSA) is 34.4 Å². The molecule has 0 atom stereocenters. The van der Waals surface area contributed by atoms with Crippen LogP contribution in [-0.4, -0.2) is 6.36 Å². The lowest BCUT2D eigenvalue weighted by Crippen LogP contribution is -2.17.